The van der Waals surface area contributed by atoms with Crippen LogP contribution in [-0.2, 0) is 9.53 Å². The van der Waals surface area contributed by atoms with E-state index >= 15 is 0 Å². The highest BCUT2D eigenvalue weighted by Gasteiger charge is 2.06. The fourth-order valence-corrected chi connectivity index (χ4v) is 1.10. The molecular formula is C10H10ClNO3. The number of alkyl halides is 1. The van der Waals surface area contributed by atoms with E-state index in [2.05, 4.69) is 10.1 Å². The SMILES string of the molecule is COC(=O)c1cccc(NC(=O)CCl)c1. The van der Waals surface area contributed by atoms with Crippen molar-refractivity contribution in [1.82, 2.24) is 0 Å². The van der Waals surface area contributed by atoms with E-state index in [9.17, 15) is 9.59 Å². The second-order valence-electron chi connectivity index (χ2n) is 2.75. The normalized spacial score (nSPS) is 9.47. The zero-order chi connectivity index (χ0) is 11.3. The molecule has 0 saturated carbocycles. The number of hydrogen-bond donors (Lipinski definition) is 1. The Morgan fingerprint density at radius 1 is 1.47 bits per heavy atom. The molecule has 0 aliphatic carbocycles. The molecule has 1 rings (SSSR count). The summed E-state index contributed by atoms with van der Waals surface area (Å²) in [6.45, 7) is 0. The molecule has 80 valence electrons. The van der Waals surface area contributed by atoms with E-state index in [1.54, 1.807) is 18.2 Å². The lowest BCUT2D eigenvalue weighted by Gasteiger charge is -2.04. The first-order valence-corrected chi connectivity index (χ1v) is 4.75. The van der Waals surface area contributed by atoms with Gasteiger partial charge >= 0.3 is 5.97 Å². The van der Waals surface area contributed by atoms with Crippen LogP contribution in [-0.4, -0.2) is 24.9 Å². The quantitative estimate of drug-likeness (QED) is 0.631. The van der Waals surface area contributed by atoms with Crippen LogP contribution < -0.4 is 5.32 Å². The number of carbonyl (C=O) groups is 2. The summed E-state index contributed by atoms with van der Waals surface area (Å²) in [5.74, 6) is -0.890. The standard InChI is InChI=1S/C10H10ClNO3/c1-15-10(14)7-3-2-4-8(5-7)12-9(13)6-11/h2-5H,6H2,1H3,(H,12,13). The first-order valence-electron chi connectivity index (χ1n) is 4.21. The maximum absolute atomic E-state index is 11.2. The van der Waals surface area contributed by atoms with Crippen LogP contribution in [0.15, 0.2) is 24.3 Å². The van der Waals surface area contributed by atoms with Crippen LogP contribution in [0.1, 0.15) is 10.4 Å². The van der Waals surface area contributed by atoms with Crippen molar-refractivity contribution in [3.05, 3.63) is 29.8 Å². The van der Waals surface area contributed by atoms with Gasteiger partial charge in [0.1, 0.15) is 5.88 Å². The second-order valence-corrected chi connectivity index (χ2v) is 3.02. The molecule has 1 amide bonds. The van der Waals surface area contributed by atoms with Crippen LogP contribution in [0.2, 0.25) is 0 Å². The van der Waals surface area contributed by atoms with Gasteiger partial charge in [-0.05, 0) is 18.2 Å². The van der Waals surface area contributed by atoms with Gasteiger partial charge < -0.3 is 10.1 Å². The summed E-state index contributed by atoms with van der Waals surface area (Å²) in [5.41, 5.74) is 0.897. The van der Waals surface area contributed by atoms with Crippen LogP contribution in [0.5, 0.6) is 0 Å². The lowest BCUT2D eigenvalue weighted by atomic mass is 10.2. The van der Waals surface area contributed by atoms with Gasteiger partial charge in [0.05, 0.1) is 12.7 Å². The molecule has 1 N–H and O–H groups in total. The molecule has 1 aromatic rings. The summed E-state index contributed by atoms with van der Waals surface area (Å²) in [6, 6.07) is 6.44. The Labute approximate surface area is 92.2 Å². The van der Waals surface area contributed by atoms with Gasteiger partial charge in [0.2, 0.25) is 5.91 Å². The molecule has 0 bridgehead atoms. The van der Waals surface area contributed by atoms with Gasteiger partial charge in [-0.25, -0.2) is 4.79 Å². The predicted octanol–water partition coefficient (Wildman–Crippen LogP) is 1.65. The molecule has 0 aliphatic rings. The van der Waals surface area contributed by atoms with Crippen molar-refractivity contribution in [2.45, 2.75) is 0 Å². The molecule has 0 aliphatic heterocycles. The van der Waals surface area contributed by atoms with Crippen molar-refractivity contribution < 1.29 is 14.3 Å². The fourth-order valence-electron chi connectivity index (χ4n) is 1.04. The van der Waals surface area contributed by atoms with E-state index in [0.29, 0.717) is 11.3 Å². The van der Waals surface area contributed by atoms with Crippen molar-refractivity contribution >= 4 is 29.2 Å². The van der Waals surface area contributed by atoms with E-state index in [-0.39, 0.29) is 11.8 Å². The average Bonchev–Trinajstić information content (AvgIpc) is 2.28. The minimum absolute atomic E-state index is 0.123. The number of benzene rings is 1. The molecule has 0 spiro atoms. The second kappa shape index (κ2) is 5.36. The summed E-state index contributed by atoms with van der Waals surface area (Å²) in [4.78, 5) is 22.1. The third-order valence-electron chi connectivity index (χ3n) is 1.69. The van der Waals surface area contributed by atoms with Gasteiger partial charge in [-0.1, -0.05) is 6.07 Å². The number of hydrogen-bond acceptors (Lipinski definition) is 3. The zero-order valence-corrected chi connectivity index (χ0v) is 8.88. The van der Waals surface area contributed by atoms with Crippen molar-refractivity contribution in [2.75, 3.05) is 18.3 Å². The Kier molecular flexibility index (Phi) is 4.12. The van der Waals surface area contributed by atoms with E-state index in [0.717, 1.165) is 0 Å². The van der Waals surface area contributed by atoms with Gasteiger partial charge in [-0.3, -0.25) is 4.79 Å². The smallest absolute Gasteiger partial charge is 0.337 e. The number of nitrogens with one attached hydrogen (secondary N) is 1. The molecule has 5 heteroatoms. The number of carbonyl (C=O) groups excluding carboxylic acids is 2. The molecule has 0 saturated heterocycles. The number of ether oxygens (including phenoxy) is 1. The van der Waals surface area contributed by atoms with Gasteiger partial charge in [0.25, 0.3) is 0 Å². The van der Waals surface area contributed by atoms with E-state index in [4.69, 9.17) is 11.6 Å². The predicted molar refractivity (Wildman–Crippen MR) is 57.1 cm³/mol. The highest BCUT2D eigenvalue weighted by atomic mass is 35.5. The van der Waals surface area contributed by atoms with Gasteiger partial charge in [-0.2, -0.15) is 0 Å². The summed E-state index contributed by atoms with van der Waals surface area (Å²) in [6.07, 6.45) is 0. The van der Waals surface area contributed by atoms with Gasteiger partial charge in [-0.15, -0.1) is 11.6 Å². The summed E-state index contributed by atoms with van der Waals surface area (Å²) < 4.78 is 4.54. The van der Waals surface area contributed by atoms with Crippen LogP contribution in [0, 0.1) is 0 Å². The molecule has 0 fully saturated rings. The largest absolute Gasteiger partial charge is 0.465 e. The Morgan fingerprint density at radius 3 is 2.80 bits per heavy atom. The van der Waals surface area contributed by atoms with E-state index in [1.807, 2.05) is 0 Å². The minimum atomic E-state index is -0.447. The Balaban J connectivity index is 2.83. The summed E-state index contributed by atoms with van der Waals surface area (Å²) in [7, 11) is 1.30. The Hall–Kier alpha value is -1.55. The van der Waals surface area contributed by atoms with E-state index in [1.165, 1.54) is 13.2 Å². The van der Waals surface area contributed by atoms with Crippen LogP contribution in [0.3, 0.4) is 0 Å². The highest BCUT2D eigenvalue weighted by molar-refractivity contribution is 6.29. The average molecular weight is 228 g/mol. The van der Waals surface area contributed by atoms with Gasteiger partial charge in [0, 0.05) is 5.69 Å². The monoisotopic (exact) mass is 227 g/mol. The number of halogens is 1. The van der Waals surface area contributed by atoms with E-state index < -0.39 is 5.97 Å². The third-order valence-corrected chi connectivity index (χ3v) is 1.93. The van der Waals surface area contributed by atoms with Crippen molar-refractivity contribution in [3.8, 4) is 0 Å². The molecular weight excluding hydrogens is 218 g/mol. The molecule has 1 aromatic carbocycles. The van der Waals surface area contributed by atoms with Crippen molar-refractivity contribution in [3.63, 3.8) is 0 Å². The minimum Gasteiger partial charge on any atom is -0.465 e. The summed E-state index contributed by atoms with van der Waals surface area (Å²) >= 11 is 5.33. The van der Waals surface area contributed by atoms with Gasteiger partial charge in [0.15, 0.2) is 0 Å². The van der Waals surface area contributed by atoms with Crippen LogP contribution >= 0.6 is 11.6 Å². The van der Waals surface area contributed by atoms with Crippen molar-refractivity contribution in [2.24, 2.45) is 0 Å². The highest BCUT2D eigenvalue weighted by Crippen LogP contribution is 2.11. The van der Waals surface area contributed by atoms with Crippen LogP contribution in [0.4, 0.5) is 5.69 Å². The lowest BCUT2D eigenvalue weighted by Crippen LogP contribution is -2.13. The van der Waals surface area contributed by atoms with Crippen molar-refractivity contribution in [1.29, 1.82) is 0 Å². The first kappa shape index (κ1) is 11.5. The number of esters is 1. The third kappa shape index (κ3) is 3.25. The molecule has 4 nitrogen and oxygen atoms in total. The topological polar surface area (TPSA) is 55.4 Å². The summed E-state index contributed by atoms with van der Waals surface area (Å²) in [5, 5.41) is 2.53. The maximum atomic E-state index is 11.2. The number of rotatable bonds is 3. The lowest BCUT2D eigenvalue weighted by molar-refractivity contribution is -0.113. The number of methoxy groups -OCH3 is 1. The molecule has 0 aromatic heterocycles. The molecule has 0 atom stereocenters. The Bertz CT molecular complexity index is 379. The Morgan fingerprint density at radius 2 is 2.20 bits per heavy atom. The molecule has 0 heterocycles. The molecule has 15 heavy (non-hydrogen) atoms. The molecule has 0 unspecified atom stereocenters. The molecule has 0 radical (unpaired) electrons. The maximum Gasteiger partial charge on any atom is 0.337 e. The fraction of sp³-hybridized carbons (Fsp3) is 0.200. The first-order chi connectivity index (χ1) is 7.17. The number of amides is 1. The zero-order valence-electron chi connectivity index (χ0n) is 8.12. The number of anilines is 1. The van der Waals surface area contributed by atoms with Crippen LogP contribution in [0.25, 0.3) is 0 Å².